The van der Waals surface area contributed by atoms with Crippen LogP contribution in [0.4, 0.5) is 0 Å². The summed E-state index contributed by atoms with van der Waals surface area (Å²) in [7, 11) is 3.14. The molecule has 0 bridgehead atoms. The maximum atomic E-state index is 12.4. The summed E-state index contributed by atoms with van der Waals surface area (Å²) in [5.74, 6) is 1.01. The van der Waals surface area contributed by atoms with Crippen molar-refractivity contribution in [3.05, 3.63) is 40.7 Å². The minimum absolute atomic E-state index is 0.0868. The van der Waals surface area contributed by atoms with Crippen LogP contribution in [0.15, 0.2) is 35.1 Å². The first-order valence-electron chi connectivity index (χ1n) is 9.70. The van der Waals surface area contributed by atoms with Gasteiger partial charge in [0.05, 0.1) is 19.9 Å². The van der Waals surface area contributed by atoms with Crippen LogP contribution in [-0.4, -0.2) is 35.9 Å². The molecule has 0 saturated heterocycles. The lowest BCUT2D eigenvalue weighted by molar-refractivity contribution is -0.122. The smallest absolute Gasteiger partial charge is 0.267 e. The number of ether oxygens (including phenoxy) is 2. The van der Waals surface area contributed by atoms with Crippen molar-refractivity contribution in [2.24, 2.45) is 0 Å². The molecule has 7 heteroatoms. The van der Waals surface area contributed by atoms with Gasteiger partial charge in [0.15, 0.2) is 11.5 Å². The quantitative estimate of drug-likeness (QED) is 0.773. The second-order valence-electron chi connectivity index (χ2n) is 7.04. The Labute approximate surface area is 164 Å². The average Bonchev–Trinajstić information content (AvgIpc) is 2.97. The summed E-state index contributed by atoms with van der Waals surface area (Å²) < 4.78 is 11.8. The van der Waals surface area contributed by atoms with Crippen LogP contribution in [0.2, 0.25) is 0 Å². The van der Waals surface area contributed by atoms with Crippen molar-refractivity contribution in [1.29, 1.82) is 0 Å². The van der Waals surface area contributed by atoms with Gasteiger partial charge in [0, 0.05) is 17.7 Å². The van der Waals surface area contributed by atoms with Crippen molar-refractivity contribution in [1.82, 2.24) is 15.1 Å². The summed E-state index contributed by atoms with van der Waals surface area (Å²) in [5.41, 5.74) is 1.05. The first-order chi connectivity index (χ1) is 13.6. The van der Waals surface area contributed by atoms with Gasteiger partial charge in [0.1, 0.15) is 6.54 Å². The molecule has 1 aromatic heterocycles. The summed E-state index contributed by atoms with van der Waals surface area (Å²) in [4.78, 5) is 24.6. The van der Waals surface area contributed by atoms with E-state index in [1.807, 2.05) is 6.07 Å². The number of hydrogen-bond acceptors (Lipinski definition) is 5. The fourth-order valence-electron chi connectivity index (χ4n) is 3.54. The summed E-state index contributed by atoms with van der Waals surface area (Å²) in [6.07, 6.45) is 6.72. The Balaban J connectivity index is 1.76. The number of nitrogens with one attached hydrogen (secondary N) is 1. The van der Waals surface area contributed by atoms with Gasteiger partial charge in [0.2, 0.25) is 5.91 Å². The average molecular weight is 385 g/mol. The molecule has 0 unspecified atom stereocenters. The Morgan fingerprint density at radius 2 is 1.79 bits per heavy atom. The molecule has 1 aliphatic rings. The number of hydrogen-bond donors (Lipinski definition) is 1. The van der Waals surface area contributed by atoms with Crippen LogP contribution in [0.5, 0.6) is 11.5 Å². The highest BCUT2D eigenvalue weighted by Crippen LogP contribution is 2.31. The number of amides is 1. The largest absolute Gasteiger partial charge is 0.493 e. The number of methoxy groups -OCH3 is 2. The number of carbonyl (C=O) groups excluding carboxylic acids is 1. The molecule has 0 atom stereocenters. The van der Waals surface area contributed by atoms with Crippen molar-refractivity contribution in [3.8, 4) is 22.8 Å². The molecule has 2 aromatic rings. The molecule has 0 aliphatic heterocycles. The Bertz CT molecular complexity index is 870. The van der Waals surface area contributed by atoms with Crippen LogP contribution in [0.25, 0.3) is 11.3 Å². The van der Waals surface area contributed by atoms with Gasteiger partial charge in [-0.25, -0.2) is 4.68 Å². The Morgan fingerprint density at radius 1 is 1.07 bits per heavy atom. The topological polar surface area (TPSA) is 82.5 Å². The Morgan fingerprint density at radius 3 is 2.46 bits per heavy atom. The number of nitrogens with zero attached hydrogens (tertiary/aromatic N) is 2. The van der Waals surface area contributed by atoms with Crippen LogP contribution in [0.1, 0.15) is 38.5 Å². The van der Waals surface area contributed by atoms with Gasteiger partial charge in [-0.05, 0) is 37.1 Å². The van der Waals surface area contributed by atoms with E-state index in [1.165, 1.54) is 23.6 Å². The fourth-order valence-corrected chi connectivity index (χ4v) is 3.54. The molecule has 7 nitrogen and oxygen atoms in total. The molecule has 1 amide bonds. The van der Waals surface area contributed by atoms with E-state index in [1.54, 1.807) is 32.4 Å². The van der Waals surface area contributed by atoms with Gasteiger partial charge in [0.25, 0.3) is 5.56 Å². The molecule has 1 N–H and O–H groups in total. The minimum Gasteiger partial charge on any atom is -0.493 e. The van der Waals surface area contributed by atoms with E-state index < -0.39 is 0 Å². The van der Waals surface area contributed by atoms with Crippen molar-refractivity contribution in [2.45, 2.75) is 51.1 Å². The van der Waals surface area contributed by atoms with Crippen LogP contribution in [-0.2, 0) is 11.3 Å². The number of rotatable bonds is 6. The summed E-state index contributed by atoms with van der Waals surface area (Å²) in [6, 6.07) is 8.68. The fraction of sp³-hybridized carbons (Fsp3) is 0.476. The third kappa shape index (κ3) is 4.91. The molecule has 1 fully saturated rings. The molecular formula is C21H27N3O4. The van der Waals surface area contributed by atoms with Crippen LogP contribution < -0.4 is 20.3 Å². The van der Waals surface area contributed by atoms with E-state index >= 15 is 0 Å². The third-order valence-corrected chi connectivity index (χ3v) is 5.06. The van der Waals surface area contributed by atoms with E-state index in [9.17, 15) is 9.59 Å². The van der Waals surface area contributed by atoms with Crippen molar-refractivity contribution < 1.29 is 14.3 Å². The lowest BCUT2D eigenvalue weighted by Gasteiger charge is -2.16. The van der Waals surface area contributed by atoms with Crippen molar-refractivity contribution in [3.63, 3.8) is 0 Å². The van der Waals surface area contributed by atoms with E-state index in [-0.39, 0.29) is 24.1 Å². The van der Waals surface area contributed by atoms with Crippen molar-refractivity contribution >= 4 is 5.91 Å². The lowest BCUT2D eigenvalue weighted by atomic mass is 10.1. The van der Waals surface area contributed by atoms with Crippen LogP contribution >= 0.6 is 0 Å². The molecule has 1 aromatic carbocycles. The SMILES string of the molecule is COc1ccc(-c2ccc(=O)n(CC(=O)NC3CCCCCC3)n2)cc1OC. The molecule has 150 valence electrons. The van der Waals surface area contributed by atoms with E-state index in [0.29, 0.717) is 17.2 Å². The summed E-state index contributed by atoms with van der Waals surface area (Å²) >= 11 is 0. The normalized spacial score (nSPS) is 14.9. The minimum atomic E-state index is -0.305. The van der Waals surface area contributed by atoms with E-state index in [2.05, 4.69) is 10.4 Å². The number of aromatic nitrogens is 2. The van der Waals surface area contributed by atoms with Gasteiger partial charge in [-0.2, -0.15) is 5.10 Å². The third-order valence-electron chi connectivity index (χ3n) is 5.06. The Hall–Kier alpha value is -2.83. The van der Waals surface area contributed by atoms with E-state index in [0.717, 1.165) is 31.2 Å². The maximum Gasteiger partial charge on any atom is 0.267 e. The van der Waals surface area contributed by atoms with Gasteiger partial charge < -0.3 is 14.8 Å². The Kier molecular flexibility index (Phi) is 6.68. The zero-order chi connectivity index (χ0) is 19.9. The molecule has 1 aliphatic carbocycles. The van der Waals surface area contributed by atoms with Gasteiger partial charge in [-0.3, -0.25) is 9.59 Å². The van der Waals surface area contributed by atoms with Crippen molar-refractivity contribution in [2.75, 3.05) is 14.2 Å². The highest BCUT2D eigenvalue weighted by atomic mass is 16.5. The predicted octanol–water partition coefficient (Wildman–Crippen LogP) is 2.77. The summed E-state index contributed by atoms with van der Waals surface area (Å²) in [6.45, 7) is -0.0868. The molecular weight excluding hydrogens is 358 g/mol. The molecule has 0 radical (unpaired) electrons. The van der Waals surface area contributed by atoms with Crippen LogP contribution in [0, 0.1) is 0 Å². The molecule has 3 rings (SSSR count). The lowest BCUT2D eigenvalue weighted by Crippen LogP contribution is -2.39. The highest BCUT2D eigenvalue weighted by Gasteiger charge is 2.16. The molecule has 1 saturated carbocycles. The second-order valence-corrected chi connectivity index (χ2v) is 7.04. The maximum absolute atomic E-state index is 12.4. The van der Waals surface area contributed by atoms with Crippen LogP contribution in [0.3, 0.4) is 0 Å². The highest BCUT2D eigenvalue weighted by molar-refractivity contribution is 5.76. The molecule has 1 heterocycles. The molecule has 28 heavy (non-hydrogen) atoms. The zero-order valence-electron chi connectivity index (χ0n) is 16.4. The first kappa shape index (κ1) is 19.9. The van der Waals surface area contributed by atoms with Gasteiger partial charge in [-0.1, -0.05) is 25.7 Å². The second kappa shape index (κ2) is 9.39. The first-order valence-corrected chi connectivity index (χ1v) is 9.70. The van der Waals surface area contributed by atoms with Gasteiger partial charge in [-0.15, -0.1) is 0 Å². The van der Waals surface area contributed by atoms with E-state index in [4.69, 9.17) is 9.47 Å². The zero-order valence-corrected chi connectivity index (χ0v) is 16.4. The monoisotopic (exact) mass is 385 g/mol. The summed E-state index contributed by atoms with van der Waals surface area (Å²) in [5, 5.41) is 7.42. The van der Waals surface area contributed by atoms with Gasteiger partial charge >= 0.3 is 0 Å². The standard InChI is InChI=1S/C21H27N3O4/c1-27-18-11-9-15(13-19(18)28-2)17-10-12-21(26)24(23-17)14-20(25)22-16-7-5-3-4-6-8-16/h9-13,16H,3-8,14H2,1-2H3,(H,22,25). The predicted molar refractivity (Wildman–Crippen MR) is 107 cm³/mol. The molecule has 0 spiro atoms. The number of benzene rings is 1. The number of carbonyl (C=O) groups is 1.